The monoisotopic (exact) mass is 373 g/mol. The van der Waals surface area contributed by atoms with E-state index in [1.165, 1.54) is 7.11 Å². The van der Waals surface area contributed by atoms with Crippen molar-refractivity contribution in [3.63, 3.8) is 0 Å². The summed E-state index contributed by atoms with van der Waals surface area (Å²) in [7, 11) is 1.34. The number of rotatable bonds is 8. The quantitative estimate of drug-likeness (QED) is 0.240. The number of thiocarbonyl (C=S) groups is 1. The highest BCUT2D eigenvalue weighted by Gasteiger charge is 2.06. The topological polar surface area (TPSA) is 95.2 Å². The van der Waals surface area contributed by atoms with E-state index in [-0.39, 0.29) is 5.11 Å². The predicted molar refractivity (Wildman–Crippen MR) is 103 cm³/mol. The Morgan fingerprint density at radius 3 is 2.50 bits per heavy atom. The molecular weight excluding hydrogens is 354 g/mol. The van der Waals surface area contributed by atoms with Gasteiger partial charge in [0.25, 0.3) is 0 Å². The summed E-state index contributed by atoms with van der Waals surface area (Å²) in [6.07, 6.45) is 1.60. The second-order valence-corrected chi connectivity index (χ2v) is 5.46. The molecule has 2 aromatic carbocycles. The first-order valence-electron chi connectivity index (χ1n) is 7.71. The number of methoxy groups -OCH3 is 1. The molecule has 0 spiro atoms. The lowest BCUT2D eigenvalue weighted by Crippen LogP contribution is -2.23. The Kier molecular flexibility index (Phi) is 7.38. The van der Waals surface area contributed by atoms with Gasteiger partial charge in [-0.05, 0) is 60.2 Å². The van der Waals surface area contributed by atoms with Crippen LogP contribution in [0.25, 0.3) is 0 Å². The Morgan fingerprint density at radius 1 is 1.15 bits per heavy atom. The van der Waals surface area contributed by atoms with E-state index in [9.17, 15) is 4.79 Å². The number of carbonyl (C=O) groups excluding carboxylic acids is 1. The molecule has 0 atom stereocenters. The summed E-state index contributed by atoms with van der Waals surface area (Å²) >= 11 is 4.65. The minimum Gasteiger partial charge on any atom is -0.490 e. The maximum absolute atomic E-state index is 11.5. The summed E-state index contributed by atoms with van der Waals surface area (Å²) in [5.41, 5.74) is 9.07. The molecule has 2 rings (SSSR count). The largest absolute Gasteiger partial charge is 0.490 e. The zero-order chi connectivity index (χ0) is 18.8. The summed E-state index contributed by atoms with van der Waals surface area (Å²) in [4.78, 5) is 11.5. The average Bonchev–Trinajstić information content (AvgIpc) is 2.65. The highest BCUT2D eigenvalue weighted by molar-refractivity contribution is 7.80. The number of nitrogens with two attached hydrogens (primary N) is 1. The Hall–Kier alpha value is -3.13. The molecule has 3 N–H and O–H groups in total. The molecule has 0 aliphatic rings. The van der Waals surface area contributed by atoms with Crippen LogP contribution in [0.2, 0.25) is 0 Å². The van der Waals surface area contributed by atoms with Crippen molar-refractivity contribution in [2.75, 3.05) is 20.3 Å². The van der Waals surface area contributed by atoms with Crippen LogP contribution >= 0.6 is 12.2 Å². The van der Waals surface area contributed by atoms with Gasteiger partial charge in [-0.2, -0.15) is 5.10 Å². The van der Waals surface area contributed by atoms with Crippen molar-refractivity contribution in [3.05, 3.63) is 59.7 Å². The molecule has 7 nitrogen and oxygen atoms in total. The van der Waals surface area contributed by atoms with Gasteiger partial charge in [-0.1, -0.05) is 6.07 Å². The normalized spacial score (nSPS) is 10.3. The van der Waals surface area contributed by atoms with Crippen LogP contribution < -0.4 is 20.6 Å². The van der Waals surface area contributed by atoms with E-state index in [1.807, 2.05) is 24.3 Å². The summed E-state index contributed by atoms with van der Waals surface area (Å²) in [5.74, 6) is 0.878. The number of ether oxygens (including phenoxy) is 3. The van der Waals surface area contributed by atoms with E-state index in [4.69, 9.17) is 15.2 Å². The first kappa shape index (κ1) is 19.2. The molecule has 0 bridgehead atoms. The van der Waals surface area contributed by atoms with Gasteiger partial charge in [0, 0.05) is 0 Å². The fourth-order valence-electron chi connectivity index (χ4n) is 1.97. The number of benzene rings is 2. The fourth-order valence-corrected chi connectivity index (χ4v) is 2.02. The number of nitrogens with zero attached hydrogens (tertiary/aromatic N) is 1. The van der Waals surface area contributed by atoms with Crippen LogP contribution in [0.1, 0.15) is 15.9 Å². The van der Waals surface area contributed by atoms with Crippen LogP contribution in [0, 0.1) is 0 Å². The fraction of sp³-hybridized carbons (Fsp3) is 0.167. The Bertz CT molecular complexity index is 778. The molecule has 136 valence electrons. The third-order valence-electron chi connectivity index (χ3n) is 3.14. The van der Waals surface area contributed by atoms with Crippen LogP contribution in [-0.2, 0) is 4.74 Å². The number of hydrogen-bond donors (Lipinski definition) is 2. The second-order valence-electron chi connectivity index (χ2n) is 5.02. The van der Waals surface area contributed by atoms with Gasteiger partial charge in [-0.25, -0.2) is 4.79 Å². The smallest absolute Gasteiger partial charge is 0.337 e. The van der Waals surface area contributed by atoms with Gasteiger partial charge in [0.15, 0.2) is 5.11 Å². The molecule has 0 fully saturated rings. The zero-order valence-electron chi connectivity index (χ0n) is 14.2. The molecular formula is C18H19N3O4S. The lowest BCUT2D eigenvalue weighted by Gasteiger charge is -2.09. The summed E-state index contributed by atoms with van der Waals surface area (Å²) < 4.78 is 15.9. The molecule has 2 aromatic rings. The number of nitrogens with one attached hydrogen (secondary N) is 1. The molecule has 0 aliphatic carbocycles. The summed E-state index contributed by atoms with van der Waals surface area (Å²) in [5, 5.41) is 3.98. The van der Waals surface area contributed by atoms with Gasteiger partial charge >= 0.3 is 5.97 Å². The van der Waals surface area contributed by atoms with E-state index in [0.717, 1.165) is 5.56 Å². The van der Waals surface area contributed by atoms with Gasteiger partial charge in [0.05, 0.1) is 18.9 Å². The maximum Gasteiger partial charge on any atom is 0.337 e. The van der Waals surface area contributed by atoms with Crippen molar-refractivity contribution in [1.82, 2.24) is 5.43 Å². The highest BCUT2D eigenvalue weighted by Crippen LogP contribution is 2.15. The zero-order valence-corrected chi connectivity index (χ0v) is 15.0. The molecule has 0 amide bonds. The maximum atomic E-state index is 11.5. The Balaban J connectivity index is 1.77. The summed E-state index contributed by atoms with van der Waals surface area (Å²) in [6, 6.07) is 14.1. The first-order chi connectivity index (χ1) is 12.6. The SMILES string of the molecule is COC(=O)c1cccc(OCCOc2ccc(C=NNC(N)=S)cc2)c1. The van der Waals surface area contributed by atoms with Crippen LogP contribution in [0.15, 0.2) is 53.6 Å². The van der Waals surface area contributed by atoms with Crippen molar-refractivity contribution >= 4 is 29.5 Å². The minimum absolute atomic E-state index is 0.110. The minimum atomic E-state index is -0.404. The van der Waals surface area contributed by atoms with Gasteiger partial charge in [-0.3, -0.25) is 5.43 Å². The van der Waals surface area contributed by atoms with Crippen molar-refractivity contribution in [1.29, 1.82) is 0 Å². The van der Waals surface area contributed by atoms with E-state index >= 15 is 0 Å². The first-order valence-corrected chi connectivity index (χ1v) is 8.12. The van der Waals surface area contributed by atoms with E-state index in [1.54, 1.807) is 30.5 Å². The Morgan fingerprint density at radius 2 is 1.85 bits per heavy atom. The van der Waals surface area contributed by atoms with Crippen molar-refractivity contribution in [3.8, 4) is 11.5 Å². The summed E-state index contributed by atoms with van der Waals surface area (Å²) in [6.45, 7) is 0.699. The van der Waals surface area contributed by atoms with E-state index in [2.05, 4.69) is 27.5 Å². The standard InChI is InChI=1S/C18H19N3O4S/c1-23-17(22)14-3-2-4-16(11-14)25-10-9-24-15-7-5-13(6-8-15)12-20-21-18(19)26/h2-8,11-12H,9-10H2,1H3,(H3,19,21,26). The van der Waals surface area contributed by atoms with E-state index in [0.29, 0.717) is 30.3 Å². The third kappa shape index (κ3) is 6.40. The molecule has 0 heterocycles. The number of hydrogen-bond acceptors (Lipinski definition) is 6. The van der Waals surface area contributed by atoms with E-state index < -0.39 is 5.97 Å². The van der Waals surface area contributed by atoms with Crippen molar-refractivity contribution in [2.45, 2.75) is 0 Å². The lowest BCUT2D eigenvalue weighted by molar-refractivity contribution is 0.0600. The number of hydrazone groups is 1. The molecule has 0 aliphatic heterocycles. The molecule has 0 radical (unpaired) electrons. The number of carbonyl (C=O) groups is 1. The van der Waals surface area contributed by atoms with Crippen molar-refractivity contribution in [2.24, 2.45) is 10.8 Å². The van der Waals surface area contributed by atoms with Gasteiger partial charge in [0.1, 0.15) is 24.7 Å². The van der Waals surface area contributed by atoms with Gasteiger partial charge < -0.3 is 19.9 Å². The van der Waals surface area contributed by atoms with Gasteiger partial charge in [-0.15, -0.1) is 0 Å². The van der Waals surface area contributed by atoms with Gasteiger partial charge in [0.2, 0.25) is 0 Å². The Labute approximate surface area is 156 Å². The average molecular weight is 373 g/mol. The molecule has 0 saturated carbocycles. The third-order valence-corrected chi connectivity index (χ3v) is 3.24. The molecule has 0 saturated heterocycles. The number of esters is 1. The second kappa shape index (κ2) is 10.00. The van der Waals surface area contributed by atoms with Crippen LogP contribution in [-0.4, -0.2) is 37.6 Å². The van der Waals surface area contributed by atoms with Crippen LogP contribution in [0.5, 0.6) is 11.5 Å². The van der Waals surface area contributed by atoms with Crippen molar-refractivity contribution < 1.29 is 19.0 Å². The molecule has 0 aromatic heterocycles. The molecule has 8 heteroatoms. The van der Waals surface area contributed by atoms with Crippen LogP contribution in [0.4, 0.5) is 0 Å². The highest BCUT2D eigenvalue weighted by atomic mass is 32.1. The molecule has 0 unspecified atom stereocenters. The predicted octanol–water partition coefficient (Wildman–Crippen LogP) is 2.10. The lowest BCUT2D eigenvalue weighted by atomic mass is 10.2. The molecule has 26 heavy (non-hydrogen) atoms. The van der Waals surface area contributed by atoms with Crippen LogP contribution in [0.3, 0.4) is 0 Å².